The van der Waals surface area contributed by atoms with E-state index in [0.717, 1.165) is 23.0 Å². The Labute approximate surface area is 141 Å². The van der Waals surface area contributed by atoms with Crippen molar-refractivity contribution in [2.24, 2.45) is 0 Å². The molecule has 3 heteroatoms. The Kier molecular flexibility index (Phi) is 6.78. The molecular formula is C20H26O2Si. The summed E-state index contributed by atoms with van der Waals surface area (Å²) in [4.78, 5) is 10.9. The lowest BCUT2D eigenvalue weighted by Crippen LogP contribution is -2.41. The number of carbonyl (C=O) groups excluding carboxylic acids is 1. The summed E-state index contributed by atoms with van der Waals surface area (Å²) in [7, 11) is -1.85. The first-order valence-corrected chi connectivity index (χ1v) is 10.7. The van der Waals surface area contributed by atoms with Gasteiger partial charge < -0.3 is 9.22 Å². The van der Waals surface area contributed by atoms with Gasteiger partial charge in [-0.1, -0.05) is 44.9 Å². The second kappa shape index (κ2) is 8.13. The largest absolute Gasteiger partial charge is 0.412 e. The molecule has 0 atom stereocenters. The predicted octanol–water partition coefficient (Wildman–Crippen LogP) is 4.82. The summed E-state index contributed by atoms with van der Waals surface area (Å²) in [6.07, 6.45) is 8.55. The lowest BCUT2D eigenvalue weighted by molar-refractivity contribution is -0.107. The zero-order valence-corrected chi connectivity index (χ0v) is 15.8. The van der Waals surface area contributed by atoms with Crippen LogP contribution in [0.2, 0.25) is 18.1 Å². The molecular weight excluding hydrogens is 300 g/mol. The van der Waals surface area contributed by atoms with E-state index >= 15 is 0 Å². The van der Waals surface area contributed by atoms with Crippen LogP contribution in [0.4, 0.5) is 0 Å². The van der Waals surface area contributed by atoms with E-state index < -0.39 is 8.32 Å². The van der Waals surface area contributed by atoms with Gasteiger partial charge in [-0.3, -0.25) is 0 Å². The highest BCUT2D eigenvalue weighted by molar-refractivity contribution is 6.74. The molecule has 0 amide bonds. The van der Waals surface area contributed by atoms with Crippen LogP contribution in [0.25, 0.3) is 6.08 Å². The van der Waals surface area contributed by atoms with Crippen LogP contribution in [0, 0.1) is 12.3 Å². The van der Waals surface area contributed by atoms with Crippen LogP contribution < -0.4 is 0 Å². The monoisotopic (exact) mass is 326 g/mol. The van der Waals surface area contributed by atoms with Gasteiger partial charge in [-0.05, 0) is 35.8 Å². The van der Waals surface area contributed by atoms with Crippen molar-refractivity contribution in [2.45, 2.75) is 45.3 Å². The lowest BCUT2D eigenvalue weighted by Gasteiger charge is -2.36. The minimum Gasteiger partial charge on any atom is -0.412 e. The molecule has 1 aromatic rings. The van der Waals surface area contributed by atoms with Crippen molar-refractivity contribution < 1.29 is 9.22 Å². The first kappa shape index (κ1) is 19.2. The van der Waals surface area contributed by atoms with Crippen molar-refractivity contribution in [1.29, 1.82) is 0 Å². The van der Waals surface area contributed by atoms with Gasteiger partial charge in [0.15, 0.2) is 8.32 Å². The molecule has 0 aromatic heterocycles. The number of benzene rings is 1. The Bertz CT molecular complexity index is 651. The minimum absolute atomic E-state index is 0.138. The molecule has 0 aliphatic carbocycles. The third kappa shape index (κ3) is 5.69. The van der Waals surface area contributed by atoms with Gasteiger partial charge >= 0.3 is 0 Å². The van der Waals surface area contributed by atoms with Crippen molar-refractivity contribution in [3.8, 4) is 12.3 Å². The Hall–Kier alpha value is -1.85. The summed E-state index contributed by atoms with van der Waals surface area (Å²) in [6.45, 7) is 11.4. The quantitative estimate of drug-likeness (QED) is 0.324. The molecule has 2 nitrogen and oxygen atoms in total. The molecule has 122 valence electrons. The van der Waals surface area contributed by atoms with E-state index in [4.69, 9.17) is 10.8 Å². The number of terminal acetylenes is 1. The van der Waals surface area contributed by atoms with Crippen molar-refractivity contribution >= 4 is 20.7 Å². The Morgan fingerprint density at radius 2 is 1.96 bits per heavy atom. The highest BCUT2D eigenvalue weighted by Crippen LogP contribution is 2.36. The average molecular weight is 327 g/mol. The van der Waals surface area contributed by atoms with Gasteiger partial charge in [0.05, 0.1) is 6.61 Å². The molecule has 0 unspecified atom stereocenters. The normalized spacial score (nSPS) is 11.3. The average Bonchev–Trinajstić information content (AvgIpc) is 2.49. The second-order valence-electron chi connectivity index (χ2n) is 7.04. The van der Waals surface area contributed by atoms with Gasteiger partial charge in [0.2, 0.25) is 0 Å². The van der Waals surface area contributed by atoms with Gasteiger partial charge in [-0.15, -0.1) is 12.2 Å². The van der Waals surface area contributed by atoms with Gasteiger partial charge in [0.25, 0.3) is 0 Å². The minimum atomic E-state index is -1.85. The van der Waals surface area contributed by atoms with Crippen molar-refractivity contribution in [2.75, 3.05) is 6.61 Å². The molecule has 1 rings (SSSR count). The summed E-state index contributed by atoms with van der Waals surface area (Å²) >= 11 is 0. The number of hydrogen-bond acceptors (Lipinski definition) is 2. The predicted molar refractivity (Wildman–Crippen MR) is 99.7 cm³/mol. The topological polar surface area (TPSA) is 26.3 Å². The summed E-state index contributed by atoms with van der Waals surface area (Å²) in [5.41, 5.74) is 5.78. The smallest absolute Gasteiger partial charge is 0.192 e. The molecule has 23 heavy (non-hydrogen) atoms. The summed E-state index contributed by atoms with van der Waals surface area (Å²) in [6, 6.07) is 7.66. The molecule has 0 bridgehead atoms. The van der Waals surface area contributed by atoms with Crippen molar-refractivity contribution in [1.82, 2.24) is 0 Å². The zero-order valence-electron chi connectivity index (χ0n) is 14.8. The third-order valence-corrected chi connectivity index (χ3v) is 8.77. The van der Waals surface area contributed by atoms with E-state index in [-0.39, 0.29) is 5.04 Å². The number of aldehydes is 1. The molecule has 0 fully saturated rings. The summed E-state index contributed by atoms with van der Waals surface area (Å²) in [5, 5.41) is 0.138. The van der Waals surface area contributed by atoms with Gasteiger partial charge in [0.1, 0.15) is 6.29 Å². The molecule has 0 aliphatic heterocycles. The SMILES string of the molecule is C#Cc1ccccc1C=C=C(CC=O)CO[Si](C)(C)C(C)(C)C. The molecule has 0 spiro atoms. The maximum absolute atomic E-state index is 10.9. The van der Waals surface area contributed by atoms with Crippen LogP contribution in [-0.2, 0) is 9.22 Å². The van der Waals surface area contributed by atoms with E-state index in [0.29, 0.717) is 13.0 Å². The first-order valence-electron chi connectivity index (χ1n) is 7.79. The summed E-state index contributed by atoms with van der Waals surface area (Å²) in [5.74, 6) is 2.65. The van der Waals surface area contributed by atoms with E-state index in [9.17, 15) is 4.79 Å². The highest BCUT2D eigenvalue weighted by Gasteiger charge is 2.37. The molecule has 0 heterocycles. The number of rotatable bonds is 6. The maximum atomic E-state index is 10.9. The Morgan fingerprint density at radius 1 is 1.30 bits per heavy atom. The van der Waals surface area contributed by atoms with Crippen LogP contribution >= 0.6 is 0 Å². The molecule has 0 radical (unpaired) electrons. The third-order valence-electron chi connectivity index (χ3n) is 4.29. The second-order valence-corrected chi connectivity index (χ2v) is 11.9. The molecule has 0 saturated carbocycles. The Morgan fingerprint density at radius 3 is 2.52 bits per heavy atom. The highest BCUT2D eigenvalue weighted by atomic mass is 28.4. The van der Waals surface area contributed by atoms with Crippen LogP contribution in [0.1, 0.15) is 38.3 Å². The van der Waals surface area contributed by atoms with Gasteiger partial charge in [-0.2, -0.15) is 0 Å². The fourth-order valence-corrected chi connectivity index (χ4v) is 2.65. The van der Waals surface area contributed by atoms with Crippen LogP contribution in [0.3, 0.4) is 0 Å². The van der Waals surface area contributed by atoms with Crippen molar-refractivity contribution in [3.63, 3.8) is 0 Å². The number of carbonyl (C=O) groups is 1. The van der Waals surface area contributed by atoms with E-state index in [1.165, 1.54) is 0 Å². The number of hydrogen-bond donors (Lipinski definition) is 0. The standard InChI is InChI=1S/C20H26O2Si/c1-7-18-10-8-9-11-19(18)13-12-17(14-15-21)16-22-23(5,6)20(2,3)4/h1,8-11,13,15H,14,16H2,2-6H3. The first-order chi connectivity index (χ1) is 10.7. The Balaban J connectivity index is 3.01. The summed E-state index contributed by atoms with van der Waals surface area (Å²) < 4.78 is 6.17. The fraction of sp³-hybridized carbons (Fsp3) is 0.400. The van der Waals surface area contributed by atoms with E-state index in [1.807, 2.05) is 30.3 Å². The lowest BCUT2D eigenvalue weighted by atomic mass is 10.1. The van der Waals surface area contributed by atoms with Crippen LogP contribution in [0.15, 0.2) is 35.6 Å². The zero-order chi connectivity index (χ0) is 17.5. The van der Waals surface area contributed by atoms with E-state index in [2.05, 4.69) is 45.5 Å². The maximum Gasteiger partial charge on any atom is 0.192 e. The molecule has 0 saturated heterocycles. The van der Waals surface area contributed by atoms with Crippen LogP contribution in [0.5, 0.6) is 0 Å². The van der Waals surface area contributed by atoms with Crippen molar-refractivity contribution in [3.05, 3.63) is 46.7 Å². The molecule has 1 aromatic carbocycles. The van der Waals surface area contributed by atoms with E-state index in [1.54, 1.807) is 0 Å². The fourth-order valence-electron chi connectivity index (χ4n) is 1.68. The van der Waals surface area contributed by atoms with Gasteiger partial charge in [-0.25, -0.2) is 0 Å². The van der Waals surface area contributed by atoms with Crippen LogP contribution in [-0.4, -0.2) is 21.2 Å². The molecule has 0 N–H and O–H groups in total. The molecule has 0 aliphatic rings. The van der Waals surface area contributed by atoms with Gasteiger partial charge in [0, 0.05) is 17.6 Å².